The minimum Gasteiger partial charge on any atom is -0.383 e. The number of aromatic nitrogens is 1. The number of methoxy groups -OCH3 is 1. The maximum Gasteiger partial charge on any atom is 0.162 e. The van der Waals surface area contributed by atoms with Crippen molar-refractivity contribution in [3.8, 4) is 0 Å². The fraction of sp³-hybridized carbons (Fsp3) is 0.333. The zero-order valence-electron chi connectivity index (χ0n) is 8.40. The van der Waals surface area contributed by atoms with Gasteiger partial charge in [-0.3, -0.25) is 9.98 Å². The molecule has 15 heavy (non-hydrogen) atoms. The van der Waals surface area contributed by atoms with Crippen LogP contribution in [-0.2, 0) is 4.74 Å². The molecule has 0 unspecified atom stereocenters. The lowest BCUT2D eigenvalue weighted by atomic mass is 10.3. The van der Waals surface area contributed by atoms with Crippen LogP contribution in [-0.4, -0.2) is 31.1 Å². The fourth-order valence-electron chi connectivity index (χ4n) is 0.998. The minimum atomic E-state index is 0.541. The largest absolute Gasteiger partial charge is 0.383 e. The Balaban J connectivity index is 2.83. The predicted octanol–water partition coefficient (Wildman–Crippen LogP) is 0.700. The Morgan fingerprint density at radius 1 is 1.73 bits per heavy atom. The van der Waals surface area contributed by atoms with E-state index in [0.29, 0.717) is 24.7 Å². The molecule has 6 heteroatoms. The zero-order chi connectivity index (χ0) is 11.1. The Kier molecular flexibility index (Phi) is 5.23. The first-order valence-electron chi connectivity index (χ1n) is 4.40. The molecule has 3 N–H and O–H groups in total. The third kappa shape index (κ3) is 3.58. The van der Waals surface area contributed by atoms with Gasteiger partial charge in [0, 0.05) is 17.8 Å². The average molecular weight is 273 g/mol. The Morgan fingerprint density at radius 3 is 3.13 bits per heavy atom. The third-order valence-corrected chi connectivity index (χ3v) is 2.32. The molecule has 0 amide bonds. The van der Waals surface area contributed by atoms with Crippen LogP contribution in [0.5, 0.6) is 0 Å². The molecule has 0 atom stereocenters. The number of pyridine rings is 1. The average Bonchev–Trinajstić information content (AvgIpc) is 2.26. The van der Waals surface area contributed by atoms with Crippen molar-refractivity contribution in [3.05, 3.63) is 28.5 Å². The van der Waals surface area contributed by atoms with Gasteiger partial charge in [-0.15, -0.1) is 0 Å². The Morgan fingerprint density at radius 2 is 2.53 bits per heavy atom. The molecule has 0 aliphatic rings. The van der Waals surface area contributed by atoms with E-state index in [0.717, 1.165) is 4.47 Å². The molecule has 5 nitrogen and oxygen atoms in total. The number of hydrogen-bond acceptors (Lipinski definition) is 4. The van der Waals surface area contributed by atoms with Crippen molar-refractivity contribution >= 4 is 21.8 Å². The predicted molar refractivity (Wildman–Crippen MR) is 62.5 cm³/mol. The summed E-state index contributed by atoms with van der Waals surface area (Å²) in [6.45, 7) is 1.09. The highest BCUT2D eigenvalue weighted by Gasteiger charge is 2.06. The van der Waals surface area contributed by atoms with Crippen molar-refractivity contribution in [2.75, 3.05) is 20.3 Å². The van der Waals surface area contributed by atoms with Crippen LogP contribution < -0.4 is 11.3 Å². The van der Waals surface area contributed by atoms with Crippen molar-refractivity contribution in [1.82, 2.24) is 10.4 Å². The summed E-state index contributed by atoms with van der Waals surface area (Å²) in [6, 6.07) is 3.71. The molecule has 0 aliphatic heterocycles. The quantitative estimate of drug-likeness (QED) is 0.278. The van der Waals surface area contributed by atoms with Gasteiger partial charge in [-0.05, 0) is 28.1 Å². The highest BCUT2D eigenvalue weighted by Crippen LogP contribution is 2.12. The molecule has 0 saturated heterocycles. The van der Waals surface area contributed by atoms with Gasteiger partial charge in [0.2, 0.25) is 0 Å². The van der Waals surface area contributed by atoms with Gasteiger partial charge < -0.3 is 10.2 Å². The monoisotopic (exact) mass is 272 g/mol. The molecule has 0 radical (unpaired) electrons. The van der Waals surface area contributed by atoms with Crippen LogP contribution in [0.4, 0.5) is 0 Å². The summed E-state index contributed by atoms with van der Waals surface area (Å²) in [5.74, 6) is 5.91. The van der Waals surface area contributed by atoms with Gasteiger partial charge in [-0.25, -0.2) is 5.84 Å². The maximum absolute atomic E-state index is 5.37. The lowest BCUT2D eigenvalue weighted by Crippen LogP contribution is -2.32. The van der Waals surface area contributed by atoms with Gasteiger partial charge in [0.25, 0.3) is 0 Å². The molecular formula is C9H13BrN4O. The van der Waals surface area contributed by atoms with Gasteiger partial charge in [-0.2, -0.15) is 0 Å². The SMILES string of the molecule is COCCN=C(NN)c1ncccc1Br. The van der Waals surface area contributed by atoms with Crippen LogP contribution in [0.1, 0.15) is 5.69 Å². The van der Waals surface area contributed by atoms with Gasteiger partial charge in [0.05, 0.1) is 13.2 Å². The number of nitrogens with two attached hydrogens (primary N) is 1. The van der Waals surface area contributed by atoms with Gasteiger partial charge in [0.15, 0.2) is 5.84 Å². The van der Waals surface area contributed by atoms with Crippen LogP contribution in [0, 0.1) is 0 Å². The molecular weight excluding hydrogens is 260 g/mol. The van der Waals surface area contributed by atoms with Crippen LogP contribution in [0.25, 0.3) is 0 Å². The van der Waals surface area contributed by atoms with E-state index in [4.69, 9.17) is 10.6 Å². The summed E-state index contributed by atoms with van der Waals surface area (Å²) >= 11 is 3.38. The van der Waals surface area contributed by atoms with E-state index in [-0.39, 0.29) is 0 Å². The molecule has 1 heterocycles. The minimum absolute atomic E-state index is 0.541. The van der Waals surface area contributed by atoms with Crippen molar-refractivity contribution in [1.29, 1.82) is 0 Å². The lowest BCUT2D eigenvalue weighted by molar-refractivity contribution is 0.208. The summed E-state index contributed by atoms with van der Waals surface area (Å²) in [5.41, 5.74) is 3.21. The Labute approximate surface area is 96.8 Å². The Hall–Kier alpha value is -0.980. The highest BCUT2D eigenvalue weighted by atomic mass is 79.9. The normalized spacial score (nSPS) is 11.5. The summed E-state index contributed by atoms with van der Waals surface area (Å²) in [7, 11) is 1.63. The number of aliphatic imine (C=N–C) groups is 1. The van der Waals surface area contributed by atoms with Gasteiger partial charge in [-0.1, -0.05) is 0 Å². The summed E-state index contributed by atoms with van der Waals surface area (Å²) in [4.78, 5) is 8.39. The van der Waals surface area contributed by atoms with Crippen molar-refractivity contribution < 1.29 is 4.74 Å². The molecule has 1 aromatic rings. The van der Waals surface area contributed by atoms with Gasteiger partial charge in [0.1, 0.15) is 5.69 Å². The standard InChI is InChI=1S/C9H13BrN4O/c1-15-6-5-13-9(14-11)8-7(10)3-2-4-12-8/h2-4H,5-6,11H2,1H3,(H,13,14). The number of nitrogens with one attached hydrogen (secondary N) is 1. The smallest absolute Gasteiger partial charge is 0.162 e. The molecule has 0 bridgehead atoms. The number of hydrazine groups is 1. The van der Waals surface area contributed by atoms with Crippen LogP contribution in [0.2, 0.25) is 0 Å². The highest BCUT2D eigenvalue weighted by molar-refractivity contribution is 9.10. The van der Waals surface area contributed by atoms with E-state index < -0.39 is 0 Å². The number of nitrogens with zero attached hydrogens (tertiary/aromatic N) is 2. The van der Waals surface area contributed by atoms with Crippen molar-refractivity contribution in [3.63, 3.8) is 0 Å². The summed E-state index contributed by atoms with van der Waals surface area (Å²) in [5, 5.41) is 0. The first-order chi connectivity index (χ1) is 7.29. The fourth-order valence-corrected chi connectivity index (χ4v) is 1.44. The molecule has 82 valence electrons. The summed E-state index contributed by atoms with van der Waals surface area (Å²) < 4.78 is 5.74. The Bertz CT molecular complexity index is 343. The molecule has 0 spiro atoms. The topological polar surface area (TPSA) is 72.5 Å². The number of hydrogen-bond donors (Lipinski definition) is 2. The zero-order valence-corrected chi connectivity index (χ0v) is 9.99. The number of halogens is 1. The lowest BCUT2D eigenvalue weighted by Gasteiger charge is -2.06. The van der Waals surface area contributed by atoms with E-state index in [1.54, 1.807) is 13.3 Å². The van der Waals surface area contributed by atoms with E-state index in [1.807, 2.05) is 12.1 Å². The molecule has 0 saturated carbocycles. The molecule has 0 aromatic carbocycles. The molecule has 0 fully saturated rings. The van der Waals surface area contributed by atoms with E-state index in [9.17, 15) is 0 Å². The second-order valence-electron chi connectivity index (χ2n) is 2.70. The van der Waals surface area contributed by atoms with E-state index >= 15 is 0 Å². The molecule has 1 aromatic heterocycles. The van der Waals surface area contributed by atoms with Crippen LogP contribution in [0.3, 0.4) is 0 Å². The molecule has 1 rings (SSSR count). The van der Waals surface area contributed by atoms with E-state index in [1.165, 1.54) is 0 Å². The van der Waals surface area contributed by atoms with Crippen LogP contribution >= 0.6 is 15.9 Å². The maximum atomic E-state index is 5.37. The second kappa shape index (κ2) is 6.49. The number of rotatable bonds is 4. The number of amidine groups is 1. The van der Waals surface area contributed by atoms with E-state index in [2.05, 4.69) is 31.3 Å². The summed E-state index contributed by atoms with van der Waals surface area (Å²) in [6.07, 6.45) is 1.68. The third-order valence-electron chi connectivity index (χ3n) is 1.68. The number of ether oxygens (including phenoxy) is 1. The van der Waals surface area contributed by atoms with Crippen molar-refractivity contribution in [2.45, 2.75) is 0 Å². The molecule has 0 aliphatic carbocycles. The van der Waals surface area contributed by atoms with Gasteiger partial charge >= 0.3 is 0 Å². The first kappa shape index (κ1) is 12.1. The second-order valence-corrected chi connectivity index (χ2v) is 3.56. The first-order valence-corrected chi connectivity index (χ1v) is 5.19. The van der Waals surface area contributed by atoms with Crippen molar-refractivity contribution in [2.24, 2.45) is 10.8 Å². The van der Waals surface area contributed by atoms with Crippen LogP contribution in [0.15, 0.2) is 27.8 Å².